The average Bonchev–Trinajstić information content (AvgIpc) is 2.40. The monoisotopic (exact) mass is 326 g/mol. The molecular formula is C14H12ClFN2O2S. The molecule has 1 atom stereocenters. The Morgan fingerprint density at radius 1 is 1.24 bits per heavy atom. The van der Waals surface area contributed by atoms with Crippen molar-refractivity contribution in [2.45, 2.75) is 10.6 Å². The Morgan fingerprint density at radius 3 is 2.52 bits per heavy atom. The second kappa shape index (κ2) is 6.24. The molecule has 0 bridgehead atoms. The van der Waals surface area contributed by atoms with Gasteiger partial charge < -0.3 is 11.5 Å². The van der Waals surface area contributed by atoms with Gasteiger partial charge in [0.25, 0.3) is 0 Å². The van der Waals surface area contributed by atoms with Crippen molar-refractivity contribution in [1.29, 1.82) is 0 Å². The smallest absolute Gasteiger partial charge is 0.248 e. The Labute approximate surface area is 128 Å². The van der Waals surface area contributed by atoms with E-state index in [0.29, 0.717) is 15.5 Å². The summed E-state index contributed by atoms with van der Waals surface area (Å²) in [6.07, 6.45) is 0. The van der Waals surface area contributed by atoms with E-state index < -0.39 is 22.5 Å². The van der Waals surface area contributed by atoms with Crippen molar-refractivity contribution in [2.24, 2.45) is 5.73 Å². The molecule has 0 radical (unpaired) electrons. The van der Waals surface area contributed by atoms with E-state index in [1.54, 1.807) is 6.07 Å². The second-order valence-corrected chi connectivity index (χ2v) is 6.17. The first-order chi connectivity index (χ1) is 9.88. The van der Waals surface area contributed by atoms with Crippen LogP contribution in [0.1, 0.15) is 15.9 Å². The van der Waals surface area contributed by atoms with Crippen molar-refractivity contribution in [2.75, 3.05) is 5.73 Å². The molecule has 0 aliphatic rings. The third-order valence-corrected chi connectivity index (χ3v) is 4.63. The number of nitrogens with two attached hydrogens (primary N) is 2. The molecule has 0 saturated heterocycles. The molecule has 7 heteroatoms. The fourth-order valence-electron chi connectivity index (χ4n) is 1.76. The van der Waals surface area contributed by atoms with Crippen LogP contribution in [0.15, 0.2) is 41.3 Å². The van der Waals surface area contributed by atoms with E-state index in [0.717, 1.165) is 6.07 Å². The van der Waals surface area contributed by atoms with Crippen LogP contribution in [-0.2, 0) is 16.6 Å². The molecule has 0 spiro atoms. The molecule has 2 aromatic carbocycles. The molecule has 1 unspecified atom stereocenters. The highest BCUT2D eigenvalue weighted by molar-refractivity contribution is 7.84. The van der Waals surface area contributed by atoms with Crippen LogP contribution >= 0.6 is 11.6 Å². The summed E-state index contributed by atoms with van der Waals surface area (Å²) in [5, 5.41) is 0.292. The molecule has 0 fully saturated rings. The molecule has 110 valence electrons. The third kappa shape index (κ3) is 3.59. The molecule has 0 aromatic heterocycles. The van der Waals surface area contributed by atoms with Gasteiger partial charge in [-0.1, -0.05) is 17.7 Å². The summed E-state index contributed by atoms with van der Waals surface area (Å²) in [5.74, 6) is -0.974. The Kier molecular flexibility index (Phi) is 4.59. The molecule has 4 N–H and O–H groups in total. The molecule has 0 heterocycles. The lowest BCUT2D eigenvalue weighted by atomic mass is 10.1. The van der Waals surface area contributed by atoms with Crippen LogP contribution in [-0.4, -0.2) is 10.1 Å². The molecule has 2 rings (SSSR count). The predicted molar refractivity (Wildman–Crippen MR) is 80.9 cm³/mol. The molecule has 0 saturated carbocycles. The number of amides is 1. The van der Waals surface area contributed by atoms with Gasteiger partial charge in [0, 0.05) is 10.6 Å². The first kappa shape index (κ1) is 15.5. The van der Waals surface area contributed by atoms with Crippen molar-refractivity contribution in [1.82, 2.24) is 0 Å². The number of anilines is 1. The maximum absolute atomic E-state index is 13.0. The summed E-state index contributed by atoms with van der Waals surface area (Å²) in [6.45, 7) is 0. The standard InChI is InChI=1S/C14H12ClFN2O2S/c15-11-5-8(14(18)19)1-2-9(11)7-21(20)13-4-3-10(16)6-12(13)17/h1-6H,7,17H2,(H2,18,19). The summed E-state index contributed by atoms with van der Waals surface area (Å²) in [6, 6.07) is 8.21. The van der Waals surface area contributed by atoms with Gasteiger partial charge in [0.2, 0.25) is 5.91 Å². The number of benzene rings is 2. The summed E-state index contributed by atoms with van der Waals surface area (Å²) >= 11 is 6.04. The highest BCUT2D eigenvalue weighted by Gasteiger charge is 2.13. The maximum Gasteiger partial charge on any atom is 0.248 e. The van der Waals surface area contributed by atoms with Gasteiger partial charge in [0.15, 0.2) is 0 Å². The van der Waals surface area contributed by atoms with E-state index in [9.17, 15) is 13.4 Å². The third-order valence-electron chi connectivity index (χ3n) is 2.84. The molecule has 4 nitrogen and oxygen atoms in total. The lowest BCUT2D eigenvalue weighted by Gasteiger charge is -2.08. The highest BCUT2D eigenvalue weighted by atomic mass is 35.5. The van der Waals surface area contributed by atoms with Crippen LogP contribution in [0, 0.1) is 5.82 Å². The number of carbonyl (C=O) groups excluding carboxylic acids is 1. The number of nitrogen functional groups attached to an aromatic ring is 1. The summed E-state index contributed by atoms with van der Waals surface area (Å²) < 4.78 is 25.3. The van der Waals surface area contributed by atoms with Gasteiger partial charge in [-0.15, -0.1) is 0 Å². The normalized spacial score (nSPS) is 12.1. The Morgan fingerprint density at radius 2 is 1.95 bits per heavy atom. The van der Waals surface area contributed by atoms with Crippen molar-refractivity contribution in [3.8, 4) is 0 Å². The SMILES string of the molecule is NC(=O)c1ccc(CS(=O)c2ccc(F)cc2N)c(Cl)c1. The first-order valence-electron chi connectivity index (χ1n) is 5.90. The topological polar surface area (TPSA) is 86.2 Å². The average molecular weight is 327 g/mol. The minimum absolute atomic E-state index is 0.105. The number of carbonyl (C=O) groups is 1. The highest BCUT2D eigenvalue weighted by Crippen LogP contribution is 2.24. The van der Waals surface area contributed by atoms with E-state index >= 15 is 0 Å². The number of rotatable bonds is 4. The van der Waals surface area contributed by atoms with Gasteiger partial charge in [-0.25, -0.2) is 4.39 Å². The molecule has 1 amide bonds. The van der Waals surface area contributed by atoms with Crippen molar-refractivity contribution < 1.29 is 13.4 Å². The van der Waals surface area contributed by atoms with Crippen LogP contribution in [0.4, 0.5) is 10.1 Å². The summed E-state index contributed by atoms with van der Waals surface area (Å²) in [7, 11) is -1.47. The zero-order valence-electron chi connectivity index (χ0n) is 10.8. The van der Waals surface area contributed by atoms with Crippen LogP contribution < -0.4 is 11.5 Å². The van der Waals surface area contributed by atoms with Crippen LogP contribution in [0.5, 0.6) is 0 Å². The Bertz CT molecular complexity index is 737. The largest absolute Gasteiger partial charge is 0.398 e. The molecule has 2 aromatic rings. The van der Waals surface area contributed by atoms with Gasteiger partial charge in [-0.3, -0.25) is 9.00 Å². The van der Waals surface area contributed by atoms with Gasteiger partial charge >= 0.3 is 0 Å². The summed E-state index contributed by atoms with van der Waals surface area (Å²) in [4.78, 5) is 11.4. The zero-order valence-corrected chi connectivity index (χ0v) is 12.4. The lowest BCUT2D eigenvalue weighted by molar-refractivity contribution is 0.100. The fourth-order valence-corrected chi connectivity index (χ4v) is 3.32. The quantitative estimate of drug-likeness (QED) is 0.846. The molecule has 0 aliphatic heterocycles. The number of primary amides is 1. The zero-order chi connectivity index (χ0) is 15.6. The van der Waals surface area contributed by atoms with Gasteiger partial charge in [-0.05, 0) is 35.9 Å². The van der Waals surface area contributed by atoms with E-state index in [-0.39, 0.29) is 17.0 Å². The van der Waals surface area contributed by atoms with Crippen LogP contribution in [0.2, 0.25) is 5.02 Å². The molecule has 0 aliphatic carbocycles. The lowest BCUT2D eigenvalue weighted by Crippen LogP contribution is -2.11. The van der Waals surface area contributed by atoms with Gasteiger partial charge in [0.1, 0.15) is 5.82 Å². The molecular weight excluding hydrogens is 315 g/mol. The number of halogens is 2. The predicted octanol–water partition coefficient (Wildman–Crippen LogP) is 2.47. The van der Waals surface area contributed by atoms with E-state index in [4.69, 9.17) is 23.1 Å². The van der Waals surface area contributed by atoms with Crippen LogP contribution in [0.3, 0.4) is 0 Å². The van der Waals surface area contributed by atoms with E-state index in [1.807, 2.05) is 0 Å². The minimum atomic E-state index is -1.47. The second-order valence-electron chi connectivity index (χ2n) is 4.34. The minimum Gasteiger partial charge on any atom is -0.398 e. The van der Waals surface area contributed by atoms with Crippen molar-refractivity contribution in [3.05, 3.63) is 58.4 Å². The maximum atomic E-state index is 13.0. The van der Waals surface area contributed by atoms with Gasteiger partial charge in [0.05, 0.1) is 27.1 Å². The van der Waals surface area contributed by atoms with Crippen molar-refractivity contribution >= 4 is 34.0 Å². The van der Waals surface area contributed by atoms with Gasteiger partial charge in [-0.2, -0.15) is 0 Å². The first-order valence-corrected chi connectivity index (χ1v) is 7.60. The van der Waals surface area contributed by atoms with Crippen LogP contribution in [0.25, 0.3) is 0 Å². The number of hydrogen-bond acceptors (Lipinski definition) is 3. The van der Waals surface area contributed by atoms with Crippen molar-refractivity contribution in [3.63, 3.8) is 0 Å². The Balaban J connectivity index is 2.25. The van der Waals surface area contributed by atoms with E-state index in [2.05, 4.69) is 0 Å². The number of hydrogen-bond donors (Lipinski definition) is 2. The summed E-state index contributed by atoms with van der Waals surface area (Å²) in [5.41, 5.74) is 11.8. The Hall–Kier alpha value is -1.92. The van der Waals surface area contributed by atoms with E-state index in [1.165, 1.54) is 24.3 Å². The molecule has 21 heavy (non-hydrogen) atoms. The fraction of sp³-hybridized carbons (Fsp3) is 0.0714.